The van der Waals surface area contributed by atoms with E-state index in [0.717, 1.165) is 13.0 Å². The fraction of sp³-hybridized carbons (Fsp3) is 0.538. The van der Waals surface area contributed by atoms with Gasteiger partial charge >= 0.3 is 6.09 Å². The van der Waals surface area contributed by atoms with Crippen molar-refractivity contribution >= 4 is 23.3 Å². The number of benzene rings is 1. The molecule has 36 heavy (non-hydrogen) atoms. The number of rotatable bonds is 9. The number of hydrogen-bond acceptors (Lipinski definition) is 8. The van der Waals surface area contributed by atoms with E-state index in [1.807, 2.05) is 13.8 Å². The highest BCUT2D eigenvalue weighted by Gasteiger charge is 2.27. The topological polar surface area (TPSA) is 112 Å². The summed E-state index contributed by atoms with van der Waals surface area (Å²) in [5.41, 5.74) is 0.967. The number of carbonyl (C=O) groups is 1. The standard InChI is InChI=1S/C25H33FN6O3.CH4/c1-16(2)7-10-28-18-5-6-22(21(26)13-18)31-23-20(14-27)24(30-15-29-23)35-19-8-11-32(12-9-19)25(33)34-17(3)4;/h5-6,13,15-17,19,28H,7-12H2,1-4H3,(H,29,30,31);1H4. The molecule has 1 aliphatic heterocycles. The second kappa shape index (κ2) is 13.5. The van der Waals surface area contributed by atoms with E-state index >= 15 is 0 Å². The molecule has 1 saturated heterocycles. The minimum Gasteiger partial charge on any atom is -0.473 e. The fourth-order valence-corrected chi connectivity index (χ4v) is 3.60. The number of anilines is 3. The first kappa shape index (κ1) is 28.6. The molecule has 1 aliphatic rings. The molecule has 0 unspecified atom stereocenters. The number of amides is 1. The highest BCUT2D eigenvalue weighted by Crippen LogP contribution is 2.28. The van der Waals surface area contributed by atoms with Gasteiger partial charge in [0.25, 0.3) is 0 Å². The molecule has 1 aromatic carbocycles. The quantitative estimate of drug-likeness (QED) is 0.450. The number of halogens is 1. The lowest BCUT2D eigenvalue weighted by Crippen LogP contribution is -2.42. The van der Waals surface area contributed by atoms with Gasteiger partial charge in [0, 0.05) is 38.2 Å². The van der Waals surface area contributed by atoms with Crippen LogP contribution in [0.1, 0.15) is 59.9 Å². The molecular formula is C26H37FN6O3. The van der Waals surface area contributed by atoms with Crippen molar-refractivity contribution in [1.82, 2.24) is 14.9 Å². The second-order valence-electron chi connectivity index (χ2n) is 9.18. The highest BCUT2D eigenvalue weighted by atomic mass is 19.1. The average Bonchev–Trinajstić information content (AvgIpc) is 2.81. The first-order valence-electron chi connectivity index (χ1n) is 11.9. The molecular weight excluding hydrogens is 463 g/mol. The van der Waals surface area contributed by atoms with Crippen LogP contribution in [0.25, 0.3) is 0 Å². The van der Waals surface area contributed by atoms with Crippen LogP contribution in [0, 0.1) is 23.1 Å². The van der Waals surface area contributed by atoms with Crippen molar-refractivity contribution < 1.29 is 18.7 Å². The summed E-state index contributed by atoms with van der Waals surface area (Å²) in [6.07, 6.45) is 2.67. The van der Waals surface area contributed by atoms with Crippen LogP contribution in [-0.2, 0) is 4.74 Å². The maximum absolute atomic E-state index is 14.7. The molecule has 9 nitrogen and oxygen atoms in total. The summed E-state index contributed by atoms with van der Waals surface area (Å²) in [6.45, 7) is 9.61. The number of nitrogens with zero attached hydrogens (tertiary/aromatic N) is 4. The molecule has 2 N–H and O–H groups in total. The minimum absolute atomic E-state index is 0. The third-order valence-electron chi connectivity index (χ3n) is 5.51. The van der Waals surface area contributed by atoms with E-state index in [-0.39, 0.29) is 48.7 Å². The average molecular weight is 501 g/mol. The summed E-state index contributed by atoms with van der Waals surface area (Å²) in [7, 11) is 0. The third kappa shape index (κ3) is 7.97. The summed E-state index contributed by atoms with van der Waals surface area (Å²) in [4.78, 5) is 22.0. The maximum atomic E-state index is 14.7. The Hall–Kier alpha value is -3.61. The van der Waals surface area contributed by atoms with Crippen LogP contribution >= 0.6 is 0 Å². The number of nitrogens with one attached hydrogen (secondary N) is 2. The molecule has 3 rings (SSSR count). The van der Waals surface area contributed by atoms with Crippen LogP contribution in [0.3, 0.4) is 0 Å². The Labute approximate surface area is 213 Å². The molecule has 1 amide bonds. The largest absolute Gasteiger partial charge is 0.473 e. The van der Waals surface area contributed by atoms with Gasteiger partial charge in [0.05, 0.1) is 11.8 Å². The van der Waals surface area contributed by atoms with E-state index in [1.54, 1.807) is 17.0 Å². The number of piperidine rings is 1. The predicted octanol–water partition coefficient (Wildman–Crippen LogP) is 5.71. The van der Waals surface area contributed by atoms with Gasteiger partial charge in [-0.15, -0.1) is 0 Å². The summed E-state index contributed by atoms with van der Waals surface area (Å²) in [6, 6.07) is 6.84. The molecule has 0 atom stereocenters. The van der Waals surface area contributed by atoms with E-state index in [2.05, 4.69) is 40.5 Å². The van der Waals surface area contributed by atoms with Crippen LogP contribution in [0.15, 0.2) is 24.5 Å². The van der Waals surface area contributed by atoms with Crippen LogP contribution < -0.4 is 15.4 Å². The van der Waals surface area contributed by atoms with Crippen LogP contribution in [0.4, 0.5) is 26.4 Å². The van der Waals surface area contributed by atoms with Crippen molar-refractivity contribution in [2.75, 3.05) is 30.3 Å². The zero-order chi connectivity index (χ0) is 25.4. The Morgan fingerprint density at radius 1 is 1.25 bits per heavy atom. The Balaban J connectivity index is 0.00000456. The Morgan fingerprint density at radius 2 is 1.97 bits per heavy atom. The van der Waals surface area contributed by atoms with Crippen LogP contribution in [0.5, 0.6) is 5.88 Å². The van der Waals surface area contributed by atoms with Crippen molar-refractivity contribution in [1.29, 1.82) is 5.26 Å². The smallest absolute Gasteiger partial charge is 0.410 e. The van der Waals surface area contributed by atoms with E-state index in [9.17, 15) is 14.4 Å². The molecule has 2 heterocycles. The molecule has 0 spiro atoms. The SMILES string of the molecule is C.CC(C)CCNc1ccc(Nc2ncnc(OC3CCN(C(=O)OC(C)C)CC3)c2C#N)c(F)c1. The van der Waals surface area contributed by atoms with Crippen LogP contribution in [-0.4, -0.2) is 52.8 Å². The zero-order valence-corrected chi connectivity index (χ0v) is 20.7. The van der Waals surface area contributed by atoms with Gasteiger partial charge in [-0.2, -0.15) is 5.26 Å². The van der Waals surface area contributed by atoms with Crippen molar-refractivity contribution in [2.24, 2.45) is 5.92 Å². The van der Waals surface area contributed by atoms with Gasteiger partial charge in [0.2, 0.25) is 5.88 Å². The molecule has 0 bridgehead atoms. The summed E-state index contributed by atoms with van der Waals surface area (Å²) in [5, 5.41) is 15.8. The summed E-state index contributed by atoms with van der Waals surface area (Å²) >= 11 is 0. The second-order valence-corrected chi connectivity index (χ2v) is 9.18. The Morgan fingerprint density at radius 3 is 2.58 bits per heavy atom. The van der Waals surface area contributed by atoms with E-state index < -0.39 is 5.82 Å². The maximum Gasteiger partial charge on any atom is 0.410 e. The van der Waals surface area contributed by atoms with Crippen molar-refractivity contribution in [3.63, 3.8) is 0 Å². The lowest BCUT2D eigenvalue weighted by molar-refractivity contribution is 0.0506. The number of aromatic nitrogens is 2. The van der Waals surface area contributed by atoms with E-state index in [1.165, 1.54) is 12.4 Å². The first-order valence-corrected chi connectivity index (χ1v) is 11.9. The van der Waals surface area contributed by atoms with E-state index in [4.69, 9.17) is 9.47 Å². The number of ether oxygens (including phenoxy) is 2. The van der Waals surface area contributed by atoms with Gasteiger partial charge in [-0.3, -0.25) is 0 Å². The van der Waals surface area contributed by atoms with Gasteiger partial charge in [0.1, 0.15) is 24.3 Å². The predicted molar refractivity (Wildman–Crippen MR) is 138 cm³/mol. The molecule has 2 aromatic rings. The minimum atomic E-state index is -0.467. The van der Waals surface area contributed by atoms with Crippen LogP contribution in [0.2, 0.25) is 0 Å². The monoisotopic (exact) mass is 500 g/mol. The lowest BCUT2D eigenvalue weighted by Gasteiger charge is -2.31. The third-order valence-corrected chi connectivity index (χ3v) is 5.51. The molecule has 196 valence electrons. The normalized spacial score (nSPS) is 13.7. The van der Waals surface area contributed by atoms with Gasteiger partial charge in [-0.05, 0) is 44.4 Å². The number of likely N-dealkylation sites (tertiary alicyclic amines) is 1. The summed E-state index contributed by atoms with van der Waals surface area (Å²) < 4.78 is 25.9. The van der Waals surface area contributed by atoms with Crippen molar-refractivity contribution in [3.05, 3.63) is 35.9 Å². The van der Waals surface area contributed by atoms with Gasteiger partial charge in [-0.1, -0.05) is 21.3 Å². The molecule has 0 radical (unpaired) electrons. The zero-order valence-electron chi connectivity index (χ0n) is 20.7. The van der Waals surface area contributed by atoms with Gasteiger partial charge in [0.15, 0.2) is 11.4 Å². The number of hydrogen-bond donors (Lipinski definition) is 2. The first-order chi connectivity index (χ1) is 16.8. The van der Waals surface area contributed by atoms with Crippen molar-refractivity contribution in [3.8, 4) is 11.9 Å². The molecule has 10 heteroatoms. The Kier molecular flexibility index (Phi) is 10.7. The molecule has 1 fully saturated rings. The highest BCUT2D eigenvalue weighted by molar-refractivity contribution is 5.68. The molecule has 0 saturated carbocycles. The number of carbonyl (C=O) groups excluding carboxylic acids is 1. The Bertz CT molecular complexity index is 1050. The number of nitriles is 1. The van der Waals surface area contributed by atoms with Crippen molar-refractivity contribution in [2.45, 2.75) is 66.6 Å². The summed E-state index contributed by atoms with van der Waals surface area (Å²) in [5.74, 6) is 0.376. The lowest BCUT2D eigenvalue weighted by atomic mass is 10.1. The molecule has 0 aliphatic carbocycles. The fourth-order valence-electron chi connectivity index (χ4n) is 3.60. The van der Waals surface area contributed by atoms with Gasteiger partial charge in [-0.25, -0.2) is 19.2 Å². The van der Waals surface area contributed by atoms with E-state index in [0.29, 0.717) is 37.5 Å². The van der Waals surface area contributed by atoms with Gasteiger partial charge < -0.3 is 25.0 Å². The molecule has 1 aromatic heterocycles.